The highest BCUT2D eigenvalue weighted by Gasteiger charge is 2.22. The first-order chi connectivity index (χ1) is 11.5. The summed E-state index contributed by atoms with van der Waals surface area (Å²) in [5, 5.41) is 21.0. The van der Waals surface area contributed by atoms with Crippen molar-refractivity contribution < 1.29 is 24.2 Å². The van der Waals surface area contributed by atoms with Crippen LogP contribution in [0.2, 0.25) is 0 Å². The van der Waals surface area contributed by atoms with Gasteiger partial charge in [-0.1, -0.05) is 18.2 Å². The van der Waals surface area contributed by atoms with E-state index in [1.165, 1.54) is 0 Å². The van der Waals surface area contributed by atoms with Gasteiger partial charge < -0.3 is 19.9 Å². The van der Waals surface area contributed by atoms with Crippen LogP contribution < -0.4 is 5.32 Å². The second kappa shape index (κ2) is 5.99. The first-order valence-electron chi connectivity index (χ1n) is 7.03. The van der Waals surface area contributed by atoms with Crippen molar-refractivity contribution in [1.29, 1.82) is 0 Å². The Morgan fingerprint density at radius 3 is 2.58 bits per heavy atom. The van der Waals surface area contributed by atoms with Crippen molar-refractivity contribution in [3.8, 4) is 17.2 Å². The van der Waals surface area contributed by atoms with E-state index in [1.807, 2.05) is 18.2 Å². The van der Waals surface area contributed by atoms with Gasteiger partial charge in [0.2, 0.25) is 11.5 Å². The topological polar surface area (TPSA) is 126 Å². The van der Waals surface area contributed by atoms with Crippen LogP contribution in [-0.2, 0) is 4.79 Å². The van der Waals surface area contributed by atoms with Gasteiger partial charge >= 0.3 is 5.97 Å². The van der Waals surface area contributed by atoms with Crippen LogP contribution in [0.25, 0.3) is 22.6 Å². The normalized spacial score (nSPS) is 10.7. The third-order valence-electron chi connectivity index (χ3n) is 3.32. The number of amides is 1. The number of aromatic nitrogens is 2. The number of carbonyl (C=O) groups is 2. The number of aryl methyl sites for hydroxylation is 1. The van der Waals surface area contributed by atoms with Crippen LogP contribution in [0, 0.1) is 6.92 Å². The third kappa shape index (κ3) is 2.76. The molecule has 3 N–H and O–H groups in total. The van der Waals surface area contributed by atoms with Gasteiger partial charge in [-0.05, 0) is 19.1 Å². The van der Waals surface area contributed by atoms with E-state index in [2.05, 4.69) is 15.3 Å². The van der Waals surface area contributed by atoms with Crippen molar-refractivity contribution in [2.75, 3.05) is 6.54 Å². The average molecular weight is 327 g/mol. The predicted molar refractivity (Wildman–Crippen MR) is 83.6 cm³/mol. The molecule has 0 fully saturated rings. The van der Waals surface area contributed by atoms with Gasteiger partial charge in [-0.25, -0.2) is 9.97 Å². The average Bonchev–Trinajstić information content (AvgIpc) is 3.03. The lowest BCUT2D eigenvalue weighted by Crippen LogP contribution is -2.30. The zero-order valence-corrected chi connectivity index (χ0v) is 12.6. The molecule has 122 valence electrons. The Bertz CT molecular complexity index is 934. The zero-order chi connectivity index (χ0) is 17.3. The number of nitrogens with zero attached hydrogens (tertiary/aromatic N) is 2. The summed E-state index contributed by atoms with van der Waals surface area (Å²) in [4.78, 5) is 30.8. The number of fused-ring (bicyclic) bond motifs is 1. The van der Waals surface area contributed by atoms with Gasteiger partial charge in [-0.15, -0.1) is 0 Å². The molecule has 8 heteroatoms. The van der Waals surface area contributed by atoms with Crippen molar-refractivity contribution in [3.05, 3.63) is 41.7 Å². The number of pyridine rings is 1. The number of rotatable bonds is 4. The van der Waals surface area contributed by atoms with Gasteiger partial charge in [-0.2, -0.15) is 0 Å². The number of nitrogens with one attached hydrogen (secondary N) is 1. The molecule has 2 aromatic heterocycles. The standard InChI is InChI=1S/C16H13N3O5/c1-8-11-14(24-16(19-11)9-5-3-2-4-6-9)13(22)12(18-8)15(23)17-7-10(20)21/h2-6,22H,7H2,1H3,(H,17,23)(H,20,21). The molecular weight excluding hydrogens is 314 g/mol. The fourth-order valence-electron chi connectivity index (χ4n) is 2.21. The van der Waals surface area contributed by atoms with Crippen LogP contribution in [0.15, 0.2) is 34.7 Å². The predicted octanol–water partition coefficient (Wildman–Crippen LogP) is 1.72. The van der Waals surface area contributed by atoms with Gasteiger partial charge in [-0.3, -0.25) is 9.59 Å². The Hall–Kier alpha value is -3.42. The number of carbonyl (C=O) groups excluding carboxylic acids is 1. The minimum Gasteiger partial charge on any atom is -0.503 e. The Morgan fingerprint density at radius 1 is 1.21 bits per heavy atom. The summed E-state index contributed by atoms with van der Waals surface area (Å²) in [5.41, 5.74) is 1.15. The smallest absolute Gasteiger partial charge is 0.322 e. The number of hydrogen-bond acceptors (Lipinski definition) is 6. The molecule has 0 bridgehead atoms. The van der Waals surface area contributed by atoms with E-state index in [-0.39, 0.29) is 17.2 Å². The van der Waals surface area contributed by atoms with E-state index in [0.29, 0.717) is 16.8 Å². The lowest BCUT2D eigenvalue weighted by atomic mass is 10.2. The number of aliphatic carboxylic acids is 1. The summed E-state index contributed by atoms with van der Waals surface area (Å²) >= 11 is 0. The van der Waals surface area contributed by atoms with Crippen LogP contribution in [-0.4, -0.2) is 38.6 Å². The van der Waals surface area contributed by atoms with Crippen molar-refractivity contribution in [1.82, 2.24) is 15.3 Å². The number of oxazole rings is 1. The van der Waals surface area contributed by atoms with Crippen LogP contribution in [0.1, 0.15) is 16.2 Å². The van der Waals surface area contributed by atoms with E-state index >= 15 is 0 Å². The highest BCUT2D eigenvalue weighted by atomic mass is 16.4. The van der Waals surface area contributed by atoms with E-state index in [4.69, 9.17) is 9.52 Å². The number of aromatic hydroxyl groups is 1. The summed E-state index contributed by atoms with van der Waals surface area (Å²) in [7, 11) is 0. The summed E-state index contributed by atoms with van der Waals surface area (Å²) in [5.74, 6) is -2.20. The van der Waals surface area contributed by atoms with Crippen LogP contribution in [0.4, 0.5) is 0 Å². The molecule has 0 saturated carbocycles. The molecule has 0 aliphatic carbocycles. The van der Waals surface area contributed by atoms with E-state index in [0.717, 1.165) is 0 Å². The zero-order valence-electron chi connectivity index (χ0n) is 12.6. The molecule has 0 saturated heterocycles. The summed E-state index contributed by atoms with van der Waals surface area (Å²) in [6, 6.07) is 9.08. The highest BCUT2D eigenvalue weighted by Crippen LogP contribution is 2.33. The molecule has 0 aliphatic heterocycles. The third-order valence-corrected chi connectivity index (χ3v) is 3.32. The molecule has 0 atom stereocenters. The van der Waals surface area contributed by atoms with E-state index < -0.39 is 24.2 Å². The Labute approximate surface area is 135 Å². The minimum atomic E-state index is -1.20. The molecule has 0 unspecified atom stereocenters. The molecule has 0 aliphatic rings. The molecule has 2 heterocycles. The second-order valence-electron chi connectivity index (χ2n) is 5.03. The van der Waals surface area contributed by atoms with Crippen LogP contribution in [0.5, 0.6) is 5.75 Å². The van der Waals surface area contributed by atoms with E-state index in [9.17, 15) is 14.7 Å². The van der Waals surface area contributed by atoms with Crippen molar-refractivity contribution in [3.63, 3.8) is 0 Å². The molecule has 1 aromatic carbocycles. The summed E-state index contributed by atoms with van der Waals surface area (Å²) < 4.78 is 5.58. The first-order valence-corrected chi connectivity index (χ1v) is 7.03. The molecule has 0 radical (unpaired) electrons. The van der Waals surface area contributed by atoms with Gasteiger partial charge in [0.15, 0.2) is 11.4 Å². The molecule has 24 heavy (non-hydrogen) atoms. The van der Waals surface area contributed by atoms with Crippen LogP contribution in [0.3, 0.4) is 0 Å². The Morgan fingerprint density at radius 2 is 1.92 bits per heavy atom. The monoisotopic (exact) mass is 327 g/mol. The fraction of sp³-hybridized carbons (Fsp3) is 0.125. The minimum absolute atomic E-state index is 0.0295. The number of carboxylic acids is 1. The molecule has 0 spiro atoms. The Kier molecular flexibility index (Phi) is 3.87. The molecule has 3 rings (SSSR count). The lowest BCUT2D eigenvalue weighted by Gasteiger charge is -2.05. The SMILES string of the molecule is Cc1nc(C(=O)NCC(=O)O)c(O)c2oc(-c3ccccc3)nc12. The summed E-state index contributed by atoms with van der Waals surface area (Å²) in [6.45, 7) is 1.04. The van der Waals surface area contributed by atoms with Crippen molar-refractivity contribution in [2.45, 2.75) is 6.92 Å². The molecule has 8 nitrogen and oxygen atoms in total. The van der Waals surface area contributed by atoms with Crippen molar-refractivity contribution >= 4 is 23.0 Å². The second-order valence-corrected chi connectivity index (χ2v) is 5.03. The van der Waals surface area contributed by atoms with Gasteiger partial charge in [0, 0.05) is 5.56 Å². The maximum atomic E-state index is 12.0. The summed E-state index contributed by atoms with van der Waals surface area (Å²) in [6.07, 6.45) is 0. The first kappa shape index (κ1) is 15.5. The number of benzene rings is 1. The fourth-order valence-corrected chi connectivity index (χ4v) is 2.21. The Balaban J connectivity index is 2.07. The number of carboxylic acid groups (broad SMARTS) is 1. The highest BCUT2D eigenvalue weighted by molar-refractivity contribution is 6.01. The van der Waals surface area contributed by atoms with Gasteiger partial charge in [0.05, 0.1) is 5.69 Å². The largest absolute Gasteiger partial charge is 0.503 e. The van der Waals surface area contributed by atoms with E-state index in [1.54, 1.807) is 19.1 Å². The van der Waals surface area contributed by atoms with Crippen LogP contribution >= 0.6 is 0 Å². The lowest BCUT2D eigenvalue weighted by molar-refractivity contribution is -0.135. The molecule has 1 amide bonds. The number of hydrogen-bond donors (Lipinski definition) is 3. The maximum Gasteiger partial charge on any atom is 0.322 e. The van der Waals surface area contributed by atoms with Gasteiger partial charge in [0.1, 0.15) is 12.1 Å². The van der Waals surface area contributed by atoms with Gasteiger partial charge in [0.25, 0.3) is 5.91 Å². The molecule has 3 aromatic rings. The quantitative estimate of drug-likeness (QED) is 0.666. The maximum absolute atomic E-state index is 12.0. The molecular formula is C16H13N3O5. The van der Waals surface area contributed by atoms with Crippen molar-refractivity contribution in [2.24, 2.45) is 0 Å².